The molecule has 2 amide bonds. The number of aryl methyl sites for hydroxylation is 1. The Bertz CT molecular complexity index is 990. The fraction of sp³-hybridized carbons (Fsp3) is 0.300. The molecular formula is C20H20N2O4S. The maximum atomic E-state index is 12.5. The number of carbonyl (C=O) groups excluding carboxylic acids is 2. The zero-order valence-electron chi connectivity index (χ0n) is 15.6. The lowest BCUT2D eigenvalue weighted by Gasteiger charge is -2.16. The van der Waals surface area contributed by atoms with Crippen LogP contribution in [0.5, 0.6) is 11.5 Å². The van der Waals surface area contributed by atoms with Crippen LogP contribution in [-0.4, -0.2) is 33.4 Å². The van der Waals surface area contributed by atoms with Gasteiger partial charge in [-0.3, -0.25) is 14.5 Å². The Morgan fingerprint density at radius 1 is 1.11 bits per heavy atom. The van der Waals surface area contributed by atoms with Crippen molar-refractivity contribution in [2.75, 3.05) is 6.79 Å². The van der Waals surface area contributed by atoms with Gasteiger partial charge in [0.25, 0.3) is 11.1 Å². The van der Waals surface area contributed by atoms with Crippen molar-refractivity contribution in [2.45, 2.75) is 33.7 Å². The molecule has 7 heteroatoms. The van der Waals surface area contributed by atoms with Gasteiger partial charge in [-0.25, -0.2) is 0 Å². The van der Waals surface area contributed by atoms with E-state index in [0.29, 0.717) is 4.91 Å². The van der Waals surface area contributed by atoms with Crippen molar-refractivity contribution >= 4 is 29.0 Å². The van der Waals surface area contributed by atoms with Crippen LogP contribution in [-0.2, 0) is 4.79 Å². The van der Waals surface area contributed by atoms with E-state index < -0.39 is 0 Å². The number of ether oxygens (including phenoxy) is 2. The summed E-state index contributed by atoms with van der Waals surface area (Å²) >= 11 is 0.994. The van der Waals surface area contributed by atoms with Crippen molar-refractivity contribution in [1.82, 2.24) is 9.47 Å². The number of nitrogens with zero attached hydrogens (tertiary/aromatic N) is 2. The van der Waals surface area contributed by atoms with Crippen LogP contribution >= 0.6 is 11.8 Å². The summed E-state index contributed by atoms with van der Waals surface area (Å²) in [6.07, 6.45) is 1.80. The fourth-order valence-electron chi connectivity index (χ4n) is 3.42. The molecular weight excluding hydrogens is 364 g/mol. The molecule has 1 aromatic carbocycles. The molecule has 2 aliphatic heterocycles. The molecule has 2 aromatic rings. The molecule has 3 heterocycles. The lowest BCUT2D eigenvalue weighted by molar-refractivity contribution is -0.123. The van der Waals surface area contributed by atoms with Crippen LogP contribution in [0.2, 0.25) is 0 Å². The minimum atomic E-state index is -0.229. The topological polar surface area (TPSA) is 60.8 Å². The maximum absolute atomic E-state index is 12.5. The van der Waals surface area contributed by atoms with E-state index in [1.165, 1.54) is 4.90 Å². The first kappa shape index (κ1) is 17.7. The molecule has 2 aliphatic rings. The van der Waals surface area contributed by atoms with Gasteiger partial charge in [0, 0.05) is 29.2 Å². The second-order valence-electron chi connectivity index (χ2n) is 6.84. The Morgan fingerprint density at radius 2 is 1.85 bits per heavy atom. The van der Waals surface area contributed by atoms with Crippen LogP contribution in [0.15, 0.2) is 29.2 Å². The molecule has 6 nitrogen and oxygen atoms in total. The van der Waals surface area contributed by atoms with Gasteiger partial charge in [0.1, 0.15) is 0 Å². The van der Waals surface area contributed by atoms with Gasteiger partial charge >= 0.3 is 0 Å². The van der Waals surface area contributed by atoms with Crippen molar-refractivity contribution in [3.63, 3.8) is 0 Å². The molecule has 140 valence electrons. The normalized spacial score (nSPS) is 17.7. The highest BCUT2D eigenvalue weighted by Gasteiger charge is 2.36. The van der Waals surface area contributed by atoms with Crippen LogP contribution in [0.3, 0.4) is 0 Å². The first-order chi connectivity index (χ1) is 12.9. The van der Waals surface area contributed by atoms with Gasteiger partial charge in [-0.1, -0.05) is 0 Å². The first-order valence-corrected chi connectivity index (χ1v) is 9.54. The summed E-state index contributed by atoms with van der Waals surface area (Å²) < 4.78 is 13.0. The predicted octanol–water partition coefficient (Wildman–Crippen LogP) is 4.27. The summed E-state index contributed by atoms with van der Waals surface area (Å²) in [5, 5.41) is -0.217. The van der Waals surface area contributed by atoms with Crippen molar-refractivity contribution in [3.05, 3.63) is 46.1 Å². The standard InChI is InChI=1S/C20H20N2O4S/c1-11(2)21-19(23)18(27-20(21)24)8-14-7-12(3)22(13(14)4)15-5-6-16-17(9-15)26-10-25-16/h5-9,11H,10H2,1-4H3. The minimum absolute atomic E-state index is 0.149. The number of amides is 2. The van der Waals surface area contributed by atoms with Gasteiger partial charge in [0.15, 0.2) is 11.5 Å². The molecule has 27 heavy (non-hydrogen) atoms. The van der Waals surface area contributed by atoms with E-state index in [-0.39, 0.29) is 24.0 Å². The number of fused-ring (bicyclic) bond motifs is 1. The first-order valence-electron chi connectivity index (χ1n) is 8.73. The molecule has 0 bridgehead atoms. The molecule has 0 spiro atoms. The molecule has 0 N–H and O–H groups in total. The quantitative estimate of drug-likeness (QED) is 0.740. The Kier molecular flexibility index (Phi) is 4.26. The average Bonchev–Trinajstić information content (AvgIpc) is 3.25. The Hall–Kier alpha value is -2.67. The third-order valence-corrected chi connectivity index (χ3v) is 5.59. The average molecular weight is 384 g/mol. The summed E-state index contributed by atoms with van der Waals surface area (Å²) in [5.41, 5.74) is 3.90. The molecule has 0 saturated carbocycles. The number of hydrogen-bond acceptors (Lipinski definition) is 5. The van der Waals surface area contributed by atoms with E-state index in [9.17, 15) is 9.59 Å². The second kappa shape index (κ2) is 6.49. The summed E-state index contributed by atoms with van der Waals surface area (Å²) in [6.45, 7) is 7.92. The van der Waals surface area contributed by atoms with Crippen LogP contribution in [0.25, 0.3) is 11.8 Å². The van der Waals surface area contributed by atoms with E-state index in [2.05, 4.69) is 4.57 Å². The molecule has 0 atom stereocenters. The SMILES string of the molecule is Cc1cc(C=C2SC(=O)N(C(C)C)C2=O)c(C)n1-c1ccc2c(c1)OCO2. The molecule has 0 radical (unpaired) electrons. The summed E-state index contributed by atoms with van der Waals surface area (Å²) in [4.78, 5) is 26.4. The van der Waals surface area contributed by atoms with Crippen LogP contribution in [0.4, 0.5) is 4.79 Å². The number of aromatic nitrogens is 1. The zero-order valence-corrected chi connectivity index (χ0v) is 16.4. The van der Waals surface area contributed by atoms with Gasteiger partial charge in [0.2, 0.25) is 6.79 Å². The summed E-state index contributed by atoms with van der Waals surface area (Å²) in [6, 6.07) is 7.68. The van der Waals surface area contributed by atoms with Crippen LogP contribution in [0.1, 0.15) is 30.8 Å². The third kappa shape index (κ3) is 2.92. The fourth-order valence-corrected chi connectivity index (χ4v) is 4.37. The zero-order chi connectivity index (χ0) is 19.3. The van der Waals surface area contributed by atoms with E-state index in [4.69, 9.17) is 9.47 Å². The molecule has 1 fully saturated rings. The highest BCUT2D eigenvalue weighted by molar-refractivity contribution is 8.18. The van der Waals surface area contributed by atoms with Crippen LogP contribution in [0, 0.1) is 13.8 Å². The highest BCUT2D eigenvalue weighted by Crippen LogP contribution is 2.37. The van der Waals surface area contributed by atoms with Crippen molar-refractivity contribution < 1.29 is 19.1 Å². The number of carbonyl (C=O) groups is 2. The summed E-state index contributed by atoms with van der Waals surface area (Å²) in [5.74, 6) is 1.23. The maximum Gasteiger partial charge on any atom is 0.293 e. The molecule has 4 rings (SSSR count). The van der Waals surface area contributed by atoms with Crippen LogP contribution < -0.4 is 9.47 Å². The summed E-state index contributed by atoms with van der Waals surface area (Å²) in [7, 11) is 0. The molecule has 1 aromatic heterocycles. The Labute approximate surface area is 161 Å². The second-order valence-corrected chi connectivity index (χ2v) is 7.84. The highest BCUT2D eigenvalue weighted by atomic mass is 32.2. The van der Waals surface area contributed by atoms with Crippen molar-refractivity contribution in [2.24, 2.45) is 0 Å². The predicted molar refractivity (Wildman–Crippen MR) is 104 cm³/mol. The molecule has 1 saturated heterocycles. The lowest BCUT2D eigenvalue weighted by Crippen LogP contribution is -2.34. The van der Waals surface area contributed by atoms with E-state index in [1.54, 1.807) is 6.08 Å². The Balaban J connectivity index is 1.72. The number of imide groups is 1. The third-order valence-electron chi connectivity index (χ3n) is 4.71. The monoisotopic (exact) mass is 384 g/mol. The molecule has 0 aliphatic carbocycles. The van der Waals surface area contributed by atoms with Gasteiger partial charge in [-0.2, -0.15) is 0 Å². The van der Waals surface area contributed by atoms with Gasteiger partial charge in [-0.05, 0) is 69.3 Å². The minimum Gasteiger partial charge on any atom is -0.454 e. The largest absolute Gasteiger partial charge is 0.454 e. The van der Waals surface area contributed by atoms with E-state index in [0.717, 1.165) is 45.9 Å². The van der Waals surface area contributed by atoms with Gasteiger partial charge in [0.05, 0.1) is 4.91 Å². The van der Waals surface area contributed by atoms with Crippen molar-refractivity contribution in [1.29, 1.82) is 0 Å². The number of hydrogen-bond donors (Lipinski definition) is 0. The molecule has 0 unspecified atom stereocenters. The van der Waals surface area contributed by atoms with E-state index >= 15 is 0 Å². The van der Waals surface area contributed by atoms with Gasteiger partial charge < -0.3 is 14.0 Å². The van der Waals surface area contributed by atoms with Gasteiger partial charge in [-0.15, -0.1) is 0 Å². The van der Waals surface area contributed by atoms with Crippen molar-refractivity contribution in [3.8, 4) is 17.2 Å². The smallest absolute Gasteiger partial charge is 0.293 e. The Morgan fingerprint density at radius 3 is 2.56 bits per heavy atom. The number of rotatable bonds is 3. The van der Waals surface area contributed by atoms with E-state index in [1.807, 2.05) is 52.0 Å². The lowest BCUT2D eigenvalue weighted by atomic mass is 10.2. The number of thioether (sulfide) groups is 1. The number of benzene rings is 1.